The first-order chi connectivity index (χ1) is 8.86. The zero-order chi connectivity index (χ0) is 12.4. The quantitative estimate of drug-likeness (QED) is 0.786. The summed E-state index contributed by atoms with van der Waals surface area (Å²) in [7, 11) is 0. The van der Waals surface area contributed by atoms with E-state index < -0.39 is 0 Å². The summed E-state index contributed by atoms with van der Waals surface area (Å²) in [5, 5.41) is 0. The number of rotatable bonds is 1. The van der Waals surface area contributed by atoms with E-state index in [0.717, 1.165) is 22.9 Å². The van der Waals surface area contributed by atoms with Crippen LogP contribution in [0.5, 0.6) is 0 Å². The SMILES string of the molecule is O=C(c1ccccn1)N1CCSc2ccccc21. The molecule has 18 heavy (non-hydrogen) atoms. The molecule has 0 unspecified atom stereocenters. The minimum atomic E-state index is -0.0247. The first kappa shape index (κ1) is 11.3. The van der Waals surface area contributed by atoms with Gasteiger partial charge in [-0.3, -0.25) is 9.78 Å². The van der Waals surface area contributed by atoms with Gasteiger partial charge in [0.2, 0.25) is 0 Å². The van der Waals surface area contributed by atoms with E-state index in [9.17, 15) is 4.79 Å². The Bertz CT molecular complexity index is 571. The number of anilines is 1. The molecule has 1 aromatic heterocycles. The summed E-state index contributed by atoms with van der Waals surface area (Å²) in [5.41, 5.74) is 1.49. The third kappa shape index (κ3) is 1.99. The molecule has 2 heterocycles. The third-order valence-electron chi connectivity index (χ3n) is 2.86. The van der Waals surface area contributed by atoms with E-state index in [0.29, 0.717) is 5.69 Å². The van der Waals surface area contributed by atoms with Gasteiger partial charge < -0.3 is 4.90 Å². The van der Waals surface area contributed by atoms with Crippen LogP contribution in [0.4, 0.5) is 5.69 Å². The predicted octanol–water partition coefficient (Wildman–Crippen LogP) is 2.83. The average Bonchev–Trinajstić information content (AvgIpc) is 2.47. The van der Waals surface area contributed by atoms with Crippen molar-refractivity contribution >= 4 is 23.4 Å². The lowest BCUT2D eigenvalue weighted by Crippen LogP contribution is -2.35. The van der Waals surface area contributed by atoms with E-state index in [2.05, 4.69) is 11.1 Å². The minimum absolute atomic E-state index is 0.0247. The maximum absolute atomic E-state index is 12.4. The molecule has 0 spiro atoms. The van der Waals surface area contributed by atoms with Gasteiger partial charge in [-0.15, -0.1) is 11.8 Å². The smallest absolute Gasteiger partial charge is 0.276 e. The number of aromatic nitrogens is 1. The highest BCUT2D eigenvalue weighted by atomic mass is 32.2. The number of benzene rings is 1. The summed E-state index contributed by atoms with van der Waals surface area (Å²) in [6, 6.07) is 13.4. The minimum Gasteiger partial charge on any atom is -0.305 e. The Hall–Kier alpha value is -1.81. The Labute approximate surface area is 110 Å². The molecule has 0 fully saturated rings. The average molecular weight is 256 g/mol. The topological polar surface area (TPSA) is 33.2 Å². The van der Waals surface area contributed by atoms with Crippen LogP contribution < -0.4 is 4.90 Å². The lowest BCUT2D eigenvalue weighted by Gasteiger charge is -2.28. The molecule has 0 saturated heterocycles. The molecule has 1 aliphatic heterocycles. The van der Waals surface area contributed by atoms with Gasteiger partial charge in [0.25, 0.3) is 5.91 Å². The molecule has 0 aliphatic carbocycles. The van der Waals surface area contributed by atoms with Crippen LogP contribution >= 0.6 is 11.8 Å². The number of nitrogens with zero attached hydrogens (tertiary/aromatic N) is 2. The van der Waals surface area contributed by atoms with Gasteiger partial charge >= 0.3 is 0 Å². The van der Waals surface area contributed by atoms with Crippen LogP contribution in [0.2, 0.25) is 0 Å². The standard InChI is InChI=1S/C14H12N2OS/c17-14(11-5-3-4-8-15-11)16-9-10-18-13-7-2-1-6-12(13)16/h1-8H,9-10H2. The lowest BCUT2D eigenvalue weighted by atomic mass is 10.2. The van der Waals surface area contributed by atoms with Crippen LogP contribution in [-0.4, -0.2) is 23.2 Å². The van der Waals surface area contributed by atoms with Gasteiger partial charge in [0.1, 0.15) is 5.69 Å². The summed E-state index contributed by atoms with van der Waals surface area (Å²) in [5.74, 6) is 0.902. The van der Waals surface area contributed by atoms with Crippen molar-refractivity contribution in [2.24, 2.45) is 0 Å². The van der Waals surface area contributed by atoms with Crippen molar-refractivity contribution in [3.63, 3.8) is 0 Å². The highest BCUT2D eigenvalue weighted by molar-refractivity contribution is 7.99. The van der Waals surface area contributed by atoms with Crippen molar-refractivity contribution in [2.75, 3.05) is 17.2 Å². The Morgan fingerprint density at radius 3 is 2.83 bits per heavy atom. The summed E-state index contributed by atoms with van der Waals surface area (Å²) >= 11 is 1.79. The summed E-state index contributed by atoms with van der Waals surface area (Å²) in [6.45, 7) is 0.733. The molecule has 4 heteroatoms. The molecule has 0 atom stereocenters. The van der Waals surface area contributed by atoms with Gasteiger partial charge in [-0.2, -0.15) is 0 Å². The number of fused-ring (bicyclic) bond motifs is 1. The van der Waals surface area contributed by atoms with Gasteiger partial charge in [-0.05, 0) is 24.3 Å². The van der Waals surface area contributed by atoms with Crippen molar-refractivity contribution in [2.45, 2.75) is 4.90 Å². The monoisotopic (exact) mass is 256 g/mol. The Balaban J connectivity index is 1.97. The van der Waals surface area contributed by atoms with E-state index in [1.54, 1.807) is 24.0 Å². The molecule has 2 aromatic rings. The number of thioether (sulfide) groups is 1. The number of para-hydroxylation sites is 1. The second-order valence-corrected chi connectivity index (χ2v) is 5.12. The van der Waals surface area contributed by atoms with Gasteiger partial charge in [-0.25, -0.2) is 0 Å². The van der Waals surface area contributed by atoms with Gasteiger partial charge in [0, 0.05) is 23.4 Å². The largest absolute Gasteiger partial charge is 0.305 e. The molecule has 0 radical (unpaired) electrons. The van der Waals surface area contributed by atoms with Crippen LogP contribution in [0.15, 0.2) is 53.6 Å². The Kier molecular flexibility index (Phi) is 3.02. The van der Waals surface area contributed by atoms with Gasteiger partial charge in [0.05, 0.1) is 5.69 Å². The lowest BCUT2D eigenvalue weighted by molar-refractivity contribution is 0.0983. The molecule has 3 nitrogen and oxygen atoms in total. The first-order valence-electron chi connectivity index (χ1n) is 5.81. The number of pyridine rings is 1. The van der Waals surface area contributed by atoms with Crippen LogP contribution in [0.25, 0.3) is 0 Å². The van der Waals surface area contributed by atoms with Gasteiger partial charge in [0.15, 0.2) is 0 Å². The number of hydrogen-bond acceptors (Lipinski definition) is 3. The Morgan fingerprint density at radius 1 is 1.17 bits per heavy atom. The van der Waals surface area contributed by atoms with Crippen molar-refractivity contribution in [3.8, 4) is 0 Å². The molecule has 0 saturated carbocycles. The molecule has 1 aromatic carbocycles. The van der Waals surface area contributed by atoms with E-state index in [-0.39, 0.29) is 5.91 Å². The van der Waals surface area contributed by atoms with E-state index in [1.165, 1.54) is 0 Å². The summed E-state index contributed by atoms with van der Waals surface area (Å²) in [4.78, 5) is 19.5. The van der Waals surface area contributed by atoms with Crippen molar-refractivity contribution in [1.82, 2.24) is 4.98 Å². The third-order valence-corrected chi connectivity index (χ3v) is 3.90. The fourth-order valence-electron chi connectivity index (χ4n) is 2.01. The van der Waals surface area contributed by atoms with Crippen LogP contribution in [0, 0.1) is 0 Å². The van der Waals surface area contributed by atoms with E-state index in [1.807, 2.05) is 35.2 Å². The molecular formula is C14H12N2OS. The molecule has 1 amide bonds. The number of carbonyl (C=O) groups excluding carboxylic acids is 1. The van der Waals surface area contributed by atoms with Crippen molar-refractivity contribution in [1.29, 1.82) is 0 Å². The maximum Gasteiger partial charge on any atom is 0.276 e. The normalized spacial score (nSPS) is 14.1. The zero-order valence-corrected chi connectivity index (χ0v) is 10.6. The van der Waals surface area contributed by atoms with Crippen LogP contribution in [-0.2, 0) is 0 Å². The highest BCUT2D eigenvalue weighted by Crippen LogP contribution is 2.34. The first-order valence-corrected chi connectivity index (χ1v) is 6.79. The van der Waals surface area contributed by atoms with Crippen molar-refractivity contribution in [3.05, 3.63) is 54.4 Å². The number of carbonyl (C=O) groups is 1. The fraction of sp³-hybridized carbons (Fsp3) is 0.143. The number of amides is 1. The Morgan fingerprint density at radius 2 is 2.00 bits per heavy atom. The summed E-state index contributed by atoms with van der Waals surface area (Å²) in [6.07, 6.45) is 1.65. The van der Waals surface area contributed by atoms with Crippen LogP contribution in [0.1, 0.15) is 10.5 Å². The molecule has 90 valence electrons. The molecule has 1 aliphatic rings. The number of hydrogen-bond donors (Lipinski definition) is 0. The molecule has 0 bridgehead atoms. The second-order valence-electron chi connectivity index (χ2n) is 3.99. The molecule has 0 N–H and O–H groups in total. The van der Waals surface area contributed by atoms with Crippen molar-refractivity contribution < 1.29 is 4.79 Å². The molecular weight excluding hydrogens is 244 g/mol. The zero-order valence-electron chi connectivity index (χ0n) is 9.74. The maximum atomic E-state index is 12.4. The van der Waals surface area contributed by atoms with E-state index >= 15 is 0 Å². The fourth-order valence-corrected chi connectivity index (χ4v) is 3.00. The second kappa shape index (κ2) is 4.82. The van der Waals surface area contributed by atoms with Crippen LogP contribution in [0.3, 0.4) is 0 Å². The summed E-state index contributed by atoms with van der Waals surface area (Å²) < 4.78 is 0. The predicted molar refractivity (Wildman–Crippen MR) is 73.1 cm³/mol. The van der Waals surface area contributed by atoms with E-state index in [4.69, 9.17) is 0 Å². The van der Waals surface area contributed by atoms with Gasteiger partial charge in [-0.1, -0.05) is 18.2 Å². The molecule has 3 rings (SSSR count). The highest BCUT2D eigenvalue weighted by Gasteiger charge is 2.24.